The SMILES string of the molecule is Cc1cc(C(=O)N2CCN(Cc3ccc(Cl)cc3)CC2)ccc1CS(=O)(=O)c1cccc2cccnc12. The standard InChI is InChI=1S/C29H28ClN3O3S/c1-21-18-24(29(34)33-16-14-32(15-17-33)19-22-7-11-26(30)12-8-22)9-10-25(21)20-37(35,36)27-6-2-4-23-5-3-13-31-28(23)27/h2-13,18H,14-17,19-20H2,1H3. The Morgan fingerprint density at radius 1 is 0.946 bits per heavy atom. The molecule has 1 saturated heterocycles. The van der Waals surface area contributed by atoms with E-state index in [2.05, 4.69) is 9.88 Å². The molecule has 1 fully saturated rings. The molecule has 8 heteroatoms. The van der Waals surface area contributed by atoms with Crippen molar-refractivity contribution in [2.24, 2.45) is 0 Å². The lowest BCUT2D eigenvalue weighted by atomic mass is 10.1. The second kappa shape index (κ2) is 10.6. The highest BCUT2D eigenvalue weighted by Crippen LogP contribution is 2.26. The number of aromatic nitrogens is 1. The zero-order valence-corrected chi connectivity index (χ0v) is 22.2. The minimum Gasteiger partial charge on any atom is -0.336 e. The molecular formula is C29H28ClN3O3S. The van der Waals surface area contributed by atoms with E-state index in [0.29, 0.717) is 29.7 Å². The van der Waals surface area contributed by atoms with Crippen LogP contribution in [0.3, 0.4) is 0 Å². The second-order valence-corrected chi connectivity index (χ2v) is 11.8. The normalized spacial score (nSPS) is 14.7. The maximum Gasteiger partial charge on any atom is 0.253 e. The van der Waals surface area contributed by atoms with Crippen LogP contribution in [0.15, 0.2) is 83.9 Å². The van der Waals surface area contributed by atoms with Gasteiger partial charge in [0.1, 0.15) is 0 Å². The van der Waals surface area contributed by atoms with E-state index < -0.39 is 9.84 Å². The number of fused-ring (bicyclic) bond motifs is 1. The molecule has 190 valence electrons. The lowest BCUT2D eigenvalue weighted by Crippen LogP contribution is -2.48. The summed E-state index contributed by atoms with van der Waals surface area (Å²) in [6.45, 7) is 5.57. The number of carbonyl (C=O) groups is 1. The highest BCUT2D eigenvalue weighted by atomic mass is 35.5. The van der Waals surface area contributed by atoms with E-state index >= 15 is 0 Å². The number of aryl methyl sites for hydroxylation is 1. The first-order chi connectivity index (χ1) is 17.8. The van der Waals surface area contributed by atoms with Gasteiger partial charge in [-0.15, -0.1) is 0 Å². The van der Waals surface area contributed by atoms with Gasteiger partial charge in [-0.2, -0.15) is 0 Å². The smallest absolute Gasteiger partial charge is 0.253 e. The summed E-state index contributed by atoms with van der Waals surface area (Å²) in [7, 11) is -3.62. The van der Waals surface area contributed by atoms with Crippen LogP contribution in [0.5, 0.6) is 0 Å². The van der Waals surface area contributed by atoms with Crippen molar-refractivity contribution < 1.29 is 13.2 Å². The van der Waals surface area contributed by atoms with E-state index in [1.807, 2.05) is 48.2 Å². The molecule has 1 aromatic heterocycles. The minimum absolute atomic E-state index is 0.0260. The van der Waals surface area contributed by atoms with E-state index in [0.717, 1.165) is 35.6 Å². The highest BCUT2D eigenvalue weighted by molar-refractivity contribution is 7.90. The van der Waals surface area contributed by atoms with Gasteiger partial charge in [0.2, 0.25) is 0 Å². The molecule has 0 spiro atoms. The van der Waals surface area contributed by atoms with Gasteiger partial charge in [0.05, 0.1) is 16.2 Å². The van der Waals surface area contributed by atoms with Gasteiger partial charge in [0, 0.05) is 54.9 Å². The van der Waals surface area contributed by atoms with Crippen LogP contribution in [0.4, 0.5) is 0 Å². The Kier molecular flexibility index (Phi) is 7.29. The third kappa shape index (κ3) is 5.69. The topological polar surface area (TPSA) is 70.6 Å². The summed E-state index contributed by atoms with van der Waals surface area (Å²) in [4.78, 5) is 21.9. The Bertz CT molecular complexity index is 1540. The van der Waals surface area contributed by atoms with Crippen molar-refractivity contribution in [3.8, 4) is 0 Å². The molecule has 0 unspecified atom stereocenters. The molecule has 4 aromatic rings. The molecule has 37 heavy (non-hydrogen) atoms. The molecule has 0 bridgehead atoms. The number of hydrogen-bond acceptors (Lipinski definition) is 5. The number of para-hydroxylation sites is 1. The number of carbonyl (C=O) groups excluding carboxylic acids is 1. The molecule has 0 radical (unpaired) electrons. The first kappa shape index (κ1) is 25.4. The number of piperazine rings is 1. The van der Waals surface area contributed by atoms with Crippen molar-refractivity contribution in [2.75, 3.05) is 26.2 Å². The fourth-order valence-corrected chi connectivity index (χ4v) is 6.51. The third-order valence-electron chi connectivity index (χ3n) is 6.84. The van der Waals surface area contributed by atoms with Crippen molar-refractivity contribution in [3.63, 3.8) is 0 Å². The molecule has 5 rings (SSSR count). The Morgan fingerprint density at radius 3 is 2.41 bits per heavy atom. The average molecular weight is 534 g/mol. The van der Waals surface area contributed by atoms with E-state index in [1.165, 1.54) is 5.56 Å². The molecule has 0 N–H and O–H groups in total. The molecule has 1 amide bonds. The monoisotopic (exact) mass is 533 g/mol. The number of amides is 1. The Hall–Kier alpha value is -3.26. The van der Waals surface area contributed by atoms with Crippen LogP contribution in [0.1, 0.15) is 27.0 Å². The van der Waals surface area contributed by atoms with Crippen molar-refractivity contribution in [3.05, 3.63) is 106 Å². The highest BCUT2D eigenvalue weighted by Gasteiger charge is 2.24. The first-order valence-electron chi connectivity index (χ1n) is 12.2. The molecule has 3 aromatic carbocycles. The number of hydrogen-bond donors (Lipinski definition) is 0. The van der Waals surface area contributed by atoms with E-state index in [-0.39, 0.29) is 16.6 Å². The average Bonchev–Trinajstić information content (AvgIpc) is 2.91. The Labute approximate surface area is 222 Å². The first-order valence-corrected chi connectivity index (χ1v) is 14.3. The molecule has 0 atom stereocenters. The molecule has 0 aliphatic carbocycles. The lowest BCUT2D eigenvalue weighted by Gasteiger charge is -2.35. The molecule has 0 saturated carbocycles. The summed E-state index contributed by atoms with van der Waals surface area (Å²) in [5, 5.41) is 1.51. The molecule has 1 aliphatic heterocycles. The largest absolute Gasteiger partial charge is 0.336 e. The number of sulfone groups is 1. The summed E-state index contributed by atoms with van der Waals surface area (Å²) in [5.41, 5.74) is 3.71. The zero-order valence-electron chi connectivity index (χ0n) is 20.6. The van der Waals surface area contributed by atoms with Crippen molar-refractivity contribution in [1.29, 1.82) is 0 Å². The van der Waals surface area contributed by atoms with Crippen molar-refractivity contribution >= 4 is 38.2 Å². The van der Waals surface area contributed by atoms with Gasteiger partial charge >= 0.3 is 0 Å². The summed E-state index contributed by atoms with van der Waals surface area (Å²) in [6.07, 6.45) is 1.60. The second-order valence-electron chi connectivity index (χ2n) is 9.43. The molecule has 6 nitrogen and oxygen atoms in total. The van der Waals surface area contributed by atoms with Gasteiger partial charge in [-0.25, -0.2) is 8.42 Å². The van der Waals surface area contributed by atoms with Gasteiger partial charge in [-0.1, -0.05) is 48.0 Å². The minimum atomic E-state index is -3.62. The van der Waals surface area contributed by atoms with Crippen LogP contribution in [0, 0.1) is 6.92 Å². The number of rotatable bonds is 6. The lowest BCUT2D eigenvalue weighted by molar-refractivity contribution is 0.0628. The number of nitrogens with zero attached hydrogens (tertiary/aromatic N) is 3. The quantitative estimate of drug-likeness (QED) is 0.344. The summed E-state index contributed by atoms with van der Waals surface area (Å²) >= 11 is 5.98. The fourth-order valence-electron chi connectivity index (χ4n) is 4.74. The van der Waals surface area contributed by atoms with Crippen LogP contribution in [-0.2, 0) is 22.1 Å². The predicted octanol–water partition coefficient (Wildman–Crippen LogP) is 5.13. The molecule has 2 heterocycles. The van der Waals surface area contributed by atoms with E-state index in [4.69, 9.17) is 11.6 Å². The van der Waals surface area contributed by atoms with Gasteiger partial charge in [-0.05, 0) is 60.0 Å². The van der Waals surface area contributed by atoms with E-state index in [9.17, 15) is 13.2 Å². The maximum absolute atomic E-state index is 13.3. The van der Waals surface area contributed by atoms with Crippen LogP contribution < -0.4 is 0 Å². The summed E-state index contributed by atoms with van der Waals surface area (Å²) < 4.78 is 26.6. The van der Waals surface area contributed by atoms with Crippen LogP contribution in [0.2, 0.25) is 5.02 Å². The third-order valence-corrected chi connectivity index (χ3v) is 8.79. The van der Waals surface area contributed by atoms with Gasteiger partial charge in [0.15, 0.2) is 9.84 Å². The molecular weight excluding hydrogens is 506 g/mol. The van der Waals surface area contributed by atoms with Gasteiger partial charge in [0.25, 0.3) is 5.91 Å². The summed E-state index contributed by atoms with van der Waals surface area (Å²) in [6, 6.07) is 22.0. The number of benzene rings is 3. The maximum atomic E-state index is 13.3. The summed E-state index contributed by atoms with van der Waals surface area (Å²) in [5.74, 6) is -0.172. The Morgan fingerprint density at radius 2 is 1.68 bits per heavy atom. The van der Waals surface area contributed by atoms with Crippen LogP contribution in [0.25, 0.3) is 10.9 Å². The van der Waals surface area contributed by atoms with Crippen molar-refractivity contribution in [1.82, 2.24) is 14.8 Å². The van der Waals surface area contributed by atoms with E-state index in [1.54, 1.807) is 42.6 Å². The molecule has 1 aliphatic rings. The van der Waals surface area contributed by atoms with Crippen LogP contribution in [-0.4, -0.2) is 55.3 Å². The Balaban J connectivity index is 1.25. The number of halogens is 1. The van der Waals surface area contributed by atoms with Gasteiger partial charge in [-0.3, -0.25) is 14.7 Å². The van der Waals surface area contributed by atoms with Gasteiger partial charge < -0.3 is 4.90 Å². The number of pyridine rings is 1. The zero-order chi connectivity index (χ0) is 26.0. The van der Waals surface area contributed by atoms with Crippen LogP contribution >= 0.6 is 11.6 Å². The predicted molar refractivity (Wildman–Crippen MR) is 146 cm³/mol. The van der Waals surface area contributed by atoms with Crippen molar-refractivity contribution in [2.45, 2.75) is 24.1 Å². The fraction of sp³-hybridized carbons (Fsp3) is 0.241.